The van der Waals surface area contributed by atoms with E-state index in [1.165, 1.54) is 35.2 Å². The molecule has 1 N–H and O–H groups in total. The lowest BCUT2D eigenvalue weighted by molar-refractivity contribution is -0.121. The Morgan fingerprint density at radius 1 is 1.00 bits per heavy atom. The van der Waals surface area contributed by atoms with Crippen LogP contribution in [0.15, 0.2) is 66.7 Å². The zero-order valence-corrected chi connectivity index (χ0v) is 15.2. The van der Waals surface area contributed by atoms with Crippen LogP contribution in [0.2, 0.25) is 0 Å². The van der Waals surface area contributed by atoms with Crippen molar-refractivity contribution in [3.05, 3.63) is 89.5 Å². The number of hydrogen-bond donors (Lipinski definition) is 1. The van der Waals surface area contributed by atoms with Gasteiger partial charge in [0.15, 0.2) is 6.61 Å². The van der Waals surface area contributed by atoms with Crippen LogP contribution >= 0.6 is 0 Å². The molecule has 0 aliphatic carbocycles. The molecule has 5 nitrogen and oxygen atoms in total. The molecule has 0 atom stereocenters. The number of rotatable bonds is 4. The number of halogens is 2. The van der Waals surface area contributed by atoms with Gasteiger partial charge in [-0.2, -0.15) is 0 Å². The first-order valence-corrected chi connectivity index (χ1v) is 8.88. The third-order valence-electron chi connectivity index (χ3n) is 4.50. The highest BCUT2D eigenvalue weighted by molar-refractivity contribution is 6.05. The van der Waals surface area contributed by atoms with Crippen LogP contribution in [0.25, 0.3) is 0 Å². The van der Waals surface area contributed by atoms with Gasteiger partial charge in [0, 0.05) is 11.3 Å². The van der Waals surface area contributed by atoms with E-state index >= 15 is 0 Å². The summed E-state index contributed by atoms with van der Waals surface area (Å²) in [5, 5.41) is 2.69. The molecule has 7 heteroatoms. The van der Waals surface area contributed by atoms with Crippen molar-refractivity contribution in [2.75, 3.05) is 16.8 Å². The summed E-state index contributed by atoms with van der Waals surface area (Å²) < 4.78 is 32.0. The number of fused-ring (bicyclic) bond motifs is 1. The minimum atomic E-state index is -0.507. The van der Waals surface area contributed by atoms with Crippen LogP contribution in [-0.4, -0.2) is 18.4 Å². The zero-order chi connectivity index (χ0) is 20.4. The second-order valence-corrected chi connectivity index (χ2v) is 6.54. The number of amides is 2. The summed E-state index contributed by atoms with van der Waals surface area (Å²) in [5.74, 6) is -1.10. The minimum absolute atomic E-state index is 0.108. The van der Waals surface area contributed by atoms with Gasteiger partial charge in [0.05, 0.1) is 12.2 Å². The number of anilines is 2. The highest BCUT2D eigenvalue weighted by Crippen LogP contribution is 2.35. The normalized spacial score (nSPS) is 12.9. The van der Waals surface area contributed by atoms with Crippen LogP contribution in [-0.2, 0) is 11.3 Å². The van der Waals surface area contributed by atoms with E-state index in [-0.39, 0.29) is 30.4 Å². The van der Waals surface area contributed by atoms with Gasteiger partial charge in [-0.1, -0.05) is 18.2 Å². The molecule has 29 heavy (non-hydrogen) atoms. The fraction of sp³-hybridized carbons (Fsp3) is 0.0909. The highest BCUT2D eigenvalue weighted by atomic mass is 19.1. The predicted molar refractivity (Wildman–Crippen MR) is 104 cm³/mol. The fourth-order valence-electron chi connectivity index (χ4n) is 3.06. The van der Waals surface area contributed by atoms with Gasteiger partial charge in [-0.3, -0.25) is 9.59 Å². The number of hydrogen-bond acceptors (Lipinski definition) is 3. The molecule has 0 saturated heterocycles. The van der Waals surface area contributed by atoms with Crippen LogP contribution in [0, 0.1) is 11.6 Å². The maximum atomic E-state index is 13.4. The Morgan fingerprint density at radius 3 is 2.55 bits per heavy atom. The monoisotopic (exact) mass is 394 g/mol. The van der Waals surface area contributed by atoms with Gasteiger partial charge in [0.1, 0.15) is 17.4 Å². The maximum absolute atomic E-state index is 13.4. The van der Waals surface area contributed by atoms with Gasteiger partial charge < -0.3 is 15.0 Å². The Hall–Kier alpha value is -3.74. The summed E-state index contributed by atoms with van der Waals surface area (Å²) in [4.78, 5) is 26.3. The molecule has 0 aromatic heterocycles. The van der Waals surface area contributed by atoms with Gasteiger partial charge in [-0.25, -0.2) is 8.78 Å². The number of carbonyl (C=O) groups excluding carboxylic acids is 2. The molecular weight excluding hydrogens is 378 g/mol. The molecule has 0 bridgehead atoms. The summed E-state index contributed by atoms with van der Waals surface area (Å²) in [5.41, 5.74) is 1.85. The summed E-state index contributed by atoms with van der Waals surface area (Å²) in [6, 6.07) is 16.1. The van der Waals surface area contributed by atoms with E-state index in [4.69, 9.17) is 4.74 Å². The predicted octanol–water partition coefficient (Wildman–Crippen LogP) is 4.14. The van der Waals surface area contributed by atoms with Crippen molar-refractivity contribution in [1.29, 1.82) is 0 Å². The lowest BCUT2D eigenvalue weighted by Crippen LogP contribution is -2.38. The number of nitrogens with one attached hydrogen (secondary N) is 1. The van der Waals surface area contributed by atoms with Gasteiger partial charge in [0.25, 0.3) is 11.8 Å². The van der Waals surface area contributed by atoms with Gasteiger partial charge >= 0.3 is 0 Å². The Kier molecular flexibility index (Phi) is 4.95. The Morgan fingerprint density at radius 2 is 1.79 bits per heavy atom. The first kappa shape index (κ1) is 18.6. The number of benzene rings is 3. The molecule has 4 rings (SSSR count). The Bertz CT molecular complexity index is 1080. The third kappa shape index (κ3) is 4.08. The number of carbonyl (C=O) groups is 2. The molecule has 0 spiro atoms. The van der Waals surface area contributed by atoms with Crippen molar-refractivity contribution < 1.29 is 23.1 Å². The molecule has 1 heterocycles. The van der Waals surface area contributed by atoms with E-state index in [1.807, 2.05) is 0 Å². The lowest BCUT2D eigenvalue weighted by atomic mass is 10.1. The standard InChI is InChI=1S/C22H16F2N2O3/c23-16-6-4-14(5-7-16)12-26-19-11-18(8-9-20(19)29-13-21(26)27)25-22(28)15-2-1-3-17(24)10-15/h1-11H,12-13H2,(H,25,28). The van der Waals surface area contributed by atoms with Crippen molar-refractivity contribution in [3.8, 4) is 5.75 Å². The van der Waals surface area contributed by atoms with Crippen LogP contribution in [0.5, 0.6) is 5.75 Å². The molecular formula is C22H16F2N2O3. The van der Waals surface area contributed by atoms with Crippen LogP contribution < -0.4 is 15.0 Å². The SMILES string of the molecule is O=C(Nc1ccc2c(c1)N(Cc1ccc(F)cc1)C(=O)CO2)c1cccc(F)c1. The molecule has 3 aromatic carbocycles. The molecule has 1 aliphatic heterocycles. The van der Waals surface area contributed by atoms with Crippen molar-refractivity contribution in [2.45, 2.75) is 6.54 Å². The molecule has 3 aromatic rings. The molecule has 1 aliphatic rings. The zero-order valence-electron chi connectivity index (χ0n) is 15.2. The van der Waals surface area contributed by atoms with Gasteiger partial charge in [0.2, 0.25) is 0 Å². The topological polar surface area (TPSA) is 58.6 Å². The van der Waals surface area contributed by atoms with Crippen molar-refractivity contribution in [1.82, 2.24) is 0 Å². The van der Waals surface area contributed by atoms with E-state index < -0.39 is 11.7 Å². The molecule has 0 fully saturated rings. The quantitative estimate of drug-likeness (QED) is 0.724. The lowest BCUT2D eigenvalue weighted by Gasteiger charge is -2.30. The molecule has 0 radical (unpaired) electrons. The van der Waals surface area contributed by atoms with Crippen LogP contribution in [0.3, 0.4) is 0 Å². The maximum Gasteiger partial charge on any atom is 0.265 e. The number of nitrogens with zero attached hydrogens (tertiary/aromatic N) is 1. The number of ether oxygens (including phenoxy) is 1. The summed E-state index contributed by atoms with van der Waals surface area (Å²) in [7, 11) is 0. The first-order chi connectivity index (χ1) is 14.0. The van der Waals surface area contributed by atoms with E-state index in [2.05, 4.69) is 5.32 Å². The summed E-state index contributed by atoms with van der Waals surface area (Å²) in [6.07, 6.45) is 0. The van der Waals surface area contributed by atoms with Crippen molar-refractivity contribution in [2.24, 2.45) is 0 Å². The van der Waals surface area contributed by atoms with Crippen LogP contribution in [0.4, 0.5) is 20.2 Å². The molecule has 2 amide bonds. The third-order valence-corrected chi connectivity index (χ3v) is 4.50. The van der Waals surface area contributed by atoms with Crippen molar-refractivity contribution >= 4 is 23.2 Å². The molecule has 146 valence electrons. The van der Waals surface area contributed by atoms with Crippen LogP contribution in [0.1, 0.15) is 15.9 Å². The van der Waals surface area contributed by atoms with E-state index in [9.17, 15) is 18.4 Å². The second kappa shape index (κ2) is 7.71. The average Bonchev–Trinajstić information content (AvgIpc) is 2.71. The molecule has 0 unspecified atom stereocenters. The summed E-state index contributed by atoms with van der Waals surface area (Å²) in [6.45, 7) is 0.125. The van der Waals surface area contributed by atoms with E-state index in [1.54, 1.807) is 30.3 Å². The Balaban J connectivity index is 1.60. The van der Waals surface area contributed by atoms with Gasteiger partial charge in [-0.05, 0) is 54.1 Å². The second-order valence-electron chi connectivity index (χ2n) is 6.54. The minimum Gasteiger partial charge on any atom is -0.482 e. The van der Waals surface area contributed by atoms with Crippen molar-refractivity contribution in [3.63, 3.8) is 0 Å². The fourth-order valence-corrected chi connectivity index (χ4v) is 3.06. The molecule has 0 saturated carbocycles. The first-order valence-electron chi connectivity index (χ1n) is 8.88. The summed E-state index contributed by atoms with van der Waals surface area (Å²) >= 11 is 0. The van der Waals surface area contributed by atoms with E-state index in [0.717, 1.165) is 11.6 Å². The highest BCUT2D eigenvalue weighted by Gasteiger charge is 2.26. The van der Waals surface area contributed by atoms with Gasteiger partial charge in [-0.15, -0.1) is 0 Å². The largest absolute Gasteiger partial charge is 0.482 e. The smallest absolute Gasteiger partial charge is 0.265 e. The Labute approximate surface area is 165 Å². The average molecular weight is 394 g/mol. The van der Waals surface area contributed by atoms with E-state index in [0.29, 0.717) is 17.1 Å².